The molecule has 1 aliphatic carbocycles. The summed E-state index contributed by atoms with van der Waals surface area (Å²) < 4.78 is 0. The van der Waals surface area contributed by atoms with Gasteiger partial charge in [0.25, 0.3) is 0 Å². The molecule has 0 saturated heterocycles. The van der Waals surface area contributed by atoms with Gasteiger partial charge in [0.1, 0.15) is 0 Å². The van der Waals surface area contributed by atoms with Gasteiger partial charge in [-0.2, -0.15) is 0 Å². The van der Waals surface area contributed by atoms with Gasteiger partial charge in [0, 0.05) is 24.0 Å². The predicted octanol–water partition coefficient (Wildman–Crippen LogP) is 3.15. The van der Waals surface area contributed by atoms with Crippen molar-refractivity contribution in [2.75, 3.05) is 7.05 Å². The number of allylic oxidation sites excluding steroid dienone is 2. The molecule has 2 heteroatoms. The Bertz CT molecular complexity index is 290. The van der Waals surface area contributed by atoms with Gasteiger partial charge >= 0.3 is 0 Å². The topological polar surface area (TPSA) is 24.4 Å². The normalized spacial score (nSPS) is 23.9. The first-order chi connectivity index (χ1) is 6.72. The van der Waals surface area contributed by atoms with Crippen LogP contribution in [0.3, 0.4) is 0 Å². The number of nitrogens with one attached hydrogen (secondary N) is 1. The van der Waals surface area contributed by atoms with Crippen molar-refractivity contribution in [3.05, 3.63) is 11.8 Å². The molecule has 15 heavy (non-hydrogen) atoms. The minimum absolute atomic E-state index is 0.137. The summed E-state index contributed by atoms with van der Waals surface area (Å²) in [6.07, 6.45) is 4.40. The third-order valence-corrected chi connectivity index (χ3v) is 2.49. The van der Waals surface area contributed by atoms with Crippen LogP contribution >= 0.6 is 0 Å². The summed E-state index contributed by atoms with van der Waals surface area (Å²) in [6, 6.07) is 0. The molecule has 0 atom stereocenters. The number of hydrogen-bond acceptors (Lipinski definition) is 2. The lowest BCUT2D eigenvalue weighted by Gasteiger charge is -2.34. The zero-order valence-corrected chi connectivity index (χ0v) is 10.9. The SMILES string of the molecule is CN=C1C=C(NC(C)(C)C)CC(C)(C)C1. The van der Waals surface area contributed by atoms with E-state index in [1.807, 2.05) is 7.05 Å². The predicted molar refractivity (Wildman–Crippen MR) is 67.3 cm³/mol. The van der Waals surface area contributed by atoms with Crippen LogP contribution < -0.4 is 5.32 Å². The fourth-order valence-electron chi connectivity index (χ4n) is 2.08. The molecule has 0 aromatic rings. The Morgan fingerprint density at radius 2 is 1.87 bits per heavy atom. The molecular weight excluding hydrogens is 184 g/mol. The Kier molecular flexibility index (Phi) is 3.27. The minimum atomic E-state index is 0.137. The third-order valence-electron chi connectivity index (χ3n) is 2.49. The van der Waals surface area contributed by atoms with Crippen molar-refractivity contribution in [3.63, 3.8) is 0 Å². The maximum absolute atomic E-state index is 4.32. The van der Waals surface area contributed by atoms with Gasteiger partial charge in [-0.1, -0.05) is 13.8 Å². The summed E-state index contributed by atoms with van der Waals surface area (Å²) in [4.78, 5) is 4.32. The maximum atomic E-state index is 4.32. The number of rotatable bonds is 1. The molecule has 0 bridgehead atoms. The molecule has 1 aliphatic rings. The Labute approximate surface area is 93.9 Å². The Morgan fingerprint density at radius 1 is 1.27 bits per heavy atom. The van der Waals surface area contributed by atoms with Crippen molar-refractivity contribution >= 4 is 5.71 Å². The largest absolute Gasteiger partial charge is 0.384 e. The molecule has 1 rings (SSSR count). The van der Waals surface area contributed by atoms with Crippen LogP contribution in [0, 0.1) is 5.41 Å². The van der Waals surface area contributed by atoms with Crippen LogP contribution in [0.5, 0.6) is 0 Å². The van der Waals surface area contributed by atoms with Crippen molar-refractivity contribution in [1.82, 2.24) is 5.32 Å². The van der Waals surface area contributed by atoms with E-state index in [-0.39, 0.29) is 5.54 Å². The van der Waals surface area contributed by atoms with Gasteiger partial charge in [-0.3, -0.25) is 4.99 Å². The average molecular weight is 208 g/mol. The lowest BCUT2D eigenvalue weighted by atomic mass is 9.78. The van der Waals surface area contributed by atoms with Gasteiger partial charge in [-0.25, -0.2) is 0 Å². The lowest BCUT2D eigenvalue weighted by Crippen LogP contribution is -2.38. The van der Waals surface area contributed by atoms with E-state index >= 15 is 0 Å². The van der Waals surface area contributed by atoms with E-state index in [1.165, 1.54) is 11.4 Å². The molecule has 0 radical (unpaired) electrons. The van der Waals surface area contributed by atoms with Gasteiger partial charge in [-0.05, 0) is 45.1 Å². The molecule has 0 spiro atoms. The molecular formula is C13H24N2. The number of aliphatic imine (C=N–C) groups is 1. The molecule has 0 saturated carbocycles. The highest BCUT2D eigenvalue weighted by molar-refractivity contribution is 5.96. The van der Waals surface area contributed by atoms with Crippen molar-refractivity contribution in [3.8, 4) is 0 Å². The van der Waals surface area contributed by atoms with Crippen LogP contribution in [0.15, 0.2) is 16.8 Å². The van der Waals surface area contributed by atoms with Crippen LogP contribution in [-0.2, 0) is 0 Å². The summed E-state index contributed by atoms with van der Waals surface area (Å²) in [5, 5.41) is 3.56. The van der Waals surface area contributed by atoms with Crippen molar-refractivity contribution < 1.29 is 0 Å². The summed E-state index contributed by atoms with van der Waals surface area (Å²) >= 11 is 0. The molecule has 1 N–H and O–H groups in total. The van der Waals surface area contributed by atoms with Crippen LogP contribution in [-0.4, -0.2) is 18.3 Å². The van der Waals surface area contributed by atoms with Crippen molar-refractivity contribution in [2.45, 2.75) is 53.0 Å². The molecule has 2 nitrogen and oxygen atoms in total. The van der Waals surface area contributed by atoms with Crippen LogP contribution in [0.4, 0.5) is 0 Å². The number of nitrogens with zero attached hydrogens (tertiary/aromatic N) is 1. The van der Waals surface area contributed by atoms with Gasteiger partial charge in [0.05, 0.1) is 0 Å². The highest BCUT2D eigenvalue weighted by atomic mass is 15.0. The van der Waals surface area contributed by atoms with Crippen LogP contribution in [0.2, 0.25) is 0 Å². The second kappa shape index (κ2) is 3.99. The zero-order chi connectivity index (χ0) is 11.7. The van der Waals surface area contributed by atoms with Crippen LogP contribution in [0.1, 0.15) is 47.5 Å². The fraction of sp³-hybridized carbons (Fsp3) is 0.769. The third kappa shape index (κ3) is 4.06. The molecule has 0 amide bonds. The molecule has 0 aliphatic heterocycles. The second-order valence-electron chi connectivity index (χ2n) is 6.28. The number of hydrogen-bond donors (Lipinski definition) is 1. The fourth-order valence-corrected chi connectivity index (χ4v) is 2.08. The van der Waals surface area contributed by atoms with Gasteiger partial charge in [0.15, 0.2) is 0 Å². The maximum Gasteiger partial charge on any atom is 0.0367 e. The van der Waals surface area contributed by atoms with E-state index in [0.717, 1.165) is 12.8 Å². The monoisotopic (exact) mass is 208 g/mol. The quantitative estimate of drug-likeness (QED) is 0.703. The van der Waals surface area contributed by atoms with Gasteiger partial charge in [-0.15, -0.1) is 0 Å². The summed E-state index contributed by atoms with van der Waals surface area (Å²) in [5.41, 5.74) is 2.99. The summed E-state index contributed by atoms with van der Waals surface area (Å²) in [5.74, 6) is 0. The molecule has 86 valence electrons. The standard InChI is InChI=1S/C13H24N2/c1-12(2,3)15-11-7-10(14-6)8-13(4,5)9-11/h7,15H,8-9H2,1-6H3. The summed E-state index contributed by atoms with van der Waals surface area (Å²) in [7, 11) is 1.88. The van der Waals surface area contributed by atoms with E-state index in [2.05, 4.69) is 51.0 Å². The van der Waals surface area contributed by atoms with E-state index < -0.39 is 0 Å². The Balaban J connectivity index is 2.85. The molecule has 0 aromatic carbocycles. The average Bonchev–Trinajstić information content (AvgIpc) is 1.97. The molecule has 0 heterocycles. The highest BCUT2D eigenvalue weighted by Gasteiger charge is 2.27. The Morgan fingerprint density at radius 3 is 2.33 bits per heavy atom. The summed E-state index contributed by atoms with van der Waals surface area (Å²) in [6.45, 7) is 11.2. The van der Waals surface area contributed by atoms with E-state index in [9.17, 15) is 0 Å². The molecule has 0 aromatic heterocycles. The van der Waals surface area contributed by atoms with Crippen molar-refractivity contribution in [2.24, 2.45) is 10.4 Å². The minimum Gasteiger partial charge on any atom is -0.384 e. The van der Waals surface area contributed by atoms with Gasteiger partial charge < -0.3 is 5.32 Å². The zero-order valence-electron chi connectivity index (χ0n) is 10.9. The van der Waals surface area contributed by atoms with E-state index in [1.54, 1.807) is 0 Å². The first-order valence-electron chi connectivity index (χ1n) is 5.66. The first kappa shape index (κ1) is 12.3. The van der Waals surface area contributed by atoms with Crippen molar-refractivity contribution in [1.29, 1.82) is 0 Å². The molecule has 0 fully saturated rings. The van der Waals surface area contributed by atoms with E-state index in [0.29, 0.717) is 5.41 Å². The first-order valence-corrected chi connectivity index (χ1v) is 5.66. The molecule has 0 unspecified atom stereocenters. The second-order valence-corrected chi connectivity index (χ2v) is 6.28. The van der Waals surface area contributed by atoms with Gasteiger partial charge in [0.2, 0.25) is 0 Å². The smallest absolute Gasteiger partial charge is 0.0367 e. The van der Waals surface area contributed by atoms with E-state index in [4.69, 9.17) is 0 Å². The lowest BCUT2D eigenvalue weighted by molar-refractivity contribution is 0.344. The Hall–Kier alpha value is -0.790. The highest BCUT2D eigenvalue weighted by Crippen LogP contribution is 2.33. The van der Waals surface area contributed by atoms with Crippen LogP contribution in [0.25, 0.3) is 0 Å².